The Morgan fingerprint density at radius 1 is 1.58 bits per heavy atom. The van der Waals surface area contributed by atoms with Gasteiger partial charge in [-0.1, -0.05) is 0 Å². The molecule has 0 saturated carbocycles. The van der Waals surface area contributed by atoms with E-state index in [1.54, 1.807) is 0 Å². The fourth-order valence-electron chi connectivity index (χ4n) is 0.582. The van der Waals surface area contributed by atoms with Crippen LogP contribution in [0.4, 0.5) is 0 Å². The van der Waals surface area contributed by atoms with Gasteiger partial charge in [0.05, 0.1) is 18.5 Å². The van der Waals surface area contributed by atoms with Crippen molar-refractivity contribution >= 4 is 10.0 Å². The van der Waals surface area contributed by atoms with Crippen LogP contribution in [0.2, 0.25) is 0 Å². The second kappa shape index (κ2) is 3.59. The summed E-state index contributed by atoms with van der Waals surface area (Å²) in [6, 6.07) is 0. The van der Waals surface area contributed by atoms with Gasteiger partial charge in [0.15, 0.2) is 0 Å². The Bertz CT molecular complexity index is 335. The molecule has 1 radical (unpaired) electrons. The van der Waals surface area contributed by atoms with Gasteiger partial charge in [0, 0.05) is 12.4 Å². The minimum Gasteiger partial charge on any atom is -0.256 e. The zero-order valence-electron chi connectivity index (χ0n) is 6.48. The maximum atomic E-state index is 10.6. The first-order valence-corrected chi connectivity index (χ1v) is 5.09. The molecule has 0 aliphatic heterocycles. The summed E-state index contributed by atoms with van der Waals surface area (Å²) in [6.07, 6.45) is 6.60. The van der Waals surface area contributed by atoms with E-state index in [0.29, 0.717) is 5.69 Å². The first-order chi connectivity index (χ1) is 5.58. The van der Waals surface area contributed by atoms with E-state index in [4.69, 9.17) is 0 Å². The second-order valence-corrected chi connectivity index (χ2v) is 4.04. The van der Waals surface area contributed by atoms with Crippen LogP contribution in [0.3, 0.4) is 0 Å². The van der Waals surface area contributed by atoms with Crippen LogP contribution in [0, 0.1) is 6.20 Å². The molecule has 1 aromatic rings. The molecule has 0 aliphatic carbocycles. The van der Waals surface area contributed by atoms with Gasteiger partial charge < -0.3 is 0 Å². The Morgan fingerprint density at radius 2 is 2.33 bits per heavy atom. The smallest absolute Gasteiger partial charge is 0.209 e. The lowest BCUT2D eigenvalue weighted by Gasteiger charge is -1.98. The fourth-order valence-corrected chi connectivity index (χ4v) is 0.981. The predicted molar refractivity (Wildman–Crippen MR) is 42.6 cm³/mol. The number of aromatic nitrogens is 2. The van der Waals surface area contributed by atoms with E-state index in [2.05, 4.69) is 20.9 Å². The quantitative estimate of drug-likeness (QED) is 0.679. The highest BCUT2D eigenvalue weighted by atomic mass is 32.2. The lowest BCUT2D eigenvalue weighted by atomic mass is 10.5. The molecule has 65 valence electrons. The lowest BCUT2D eigenvalue weighted by molar-refractivity contribution is 0.586. The molecule has 5 nitrogen and oxygen atoms in total. The third kappa shape index (κ3) is 3.40. The molecule has 0 unspecified atom stereocenters. The minimum atomic E-state index is -3.16. The summed E-state index contributed by atoms with van der Waals surface area (Å²) in [5, 5.41) is 0. The van der Waals surface area contributed by atoms with E-state index in [0.717, 1.165) is 6.26 Å². The number of nitrogens with zero attached hydrogens (tertiary/aromatic N) is 2. The molecule has 0 aromatic carbocycles. The fraction of sp³-hybridized carbons (Fsp3) is 0.333. The normalized spacial score (nSPS) is 11.4. The molecular formula is C6H8N3O2S. The van der Waals surface area contributed by atoms with Crippen LogP contribution >= 0.6 is 0 Å². The van der Waals surface area contributed by atoms with Gasteiger partial charge >= 0.3 is 0 Å². The van der Waals surface area contributed by atoms with Crippen LogP contribution in [-0.4, -0.2) is 24.6 Å². The van der Waals surface area contributed by atoms with Crippen molar-refractivity contribution < 1.29 is 8.42 Å². The number of hydrogen-bond acceptors (Lipinski definition) is 4. The van der Waals surface area contributed by atoms with Crippen LogP contribution < -0.4 is 4.72 Å². The van der Waals surface area contributed by atoms with Gasteiger partial charge in [-0.15, -0.1) is 0 Å². The Hall–Kier alpha value is -1.01. The highest BCUT2D eigenvalue weighted by Gasteiger charge is 2.00. The summed E-state index contributed by atoms with van der Waals surface area (Å²) in [5.74, 6) is 0. The number of sulfonamides is 1. The molecule has 1 rings (SSSR count). The molecule has 12 heavy (non-hydrogen) atoms. The second-order valence-electron chi connectivity index (χ2n) is 2.21. The van der Waals surface area contributed by atoms with Gasteiger partial charge in [-0.25, -0.2) is 13.1 Å². The Kier molecular flexibility index (Phi) is 2.72. The van der Waals surface area contributed by atoms with Crippen molar-refractivity contribution in [1.82, 2.24) is 14.7 Å². The van der Waals surface area contributed by atoms with Crippen molar-refractivity contribution in [2.45, 2.75) is 6.54 Å². The van der Waals surface area contributed by atoms with Gasteiger partial charge in [0.2, 0.25) is 10.0 Å². The topological polar surface area (TPSA) is 72.0 Å². The first kappa shape index (κ1) is 9.08. The van der Waals surface area contributed by atoms with Crippen LogP contribution in [-0.2, 0) is 16.6 Å². The van der Waals surface area contributed by atoms with Crippen LogP contribution in [0.25, 0.3) is 0 Å². The SMILES string of the molecule is CS(=O)(=O)NCc1[c]nccn1. The van der Waals surface area contributed by atoms with E-state index in [1.165, 1.54) is 12.4 Å². The van der Waals surface area contributed by atoms with Crippen molar-refractivity contribution in [3.05, 3.63) is 24.3 Å². The highest BCUT2D eigenvalue weighted by Crippen LogP contribution is 1.88. The van der Waals surface area contributed by atoms with E-state index in [9.17, 15) is 8.42 Å². The van der Waals surface area contributed by atoms with Gasteiger partial charge in [-0.3, -0.25) is 9.97 Å². The summed E-state index contributed by atoms with van der Waals surface area (Å²) in [5.41, 5.74) is 0.475. The van der Waals surface area contributed by atoms with Crippen LogP contribution in [0.1, 0.15) is 5.69 Å². The summed E-state index contributed by atoms with van der Waals surface area (Å²) in [6.45, 7) is 0.132. The molecule has 6 heteroatoms. The molecular weight excluding hydrogens is 178 g/mol. The summed E-state index contributed by atoms with van der Waals surface area (Å²) in [7, 11) is -3.16. The Labute approximate surface area is 70.9 Å². The Balaban J connectivity index is 2.56. The molecule has 0 aliphatic rings. The molecule has 0 fully saturated rings. The van der Waals surface area contributed by atoms with Gasteiger partial charge in [0.1, 0.15) is 6.20 Å². The predicted octanol–water partition coefficient (Wildman–Crippen LogP) is -0.674. The summed E-state index contributed by atoms with van der Waals surface area (Å²) >= 11 is 0. The molecule has 1 N–H and O–H groups in total. The zero-order chi connectivity index (χ0) is 9.03. The number of hydrogen-bond donors (Lipinski definition) is 1. The maximum Gasteiger partial charge on any atom is 0.209 e. The zero-order valence-corrected chi connectivity index (χ0v) is 7.30. The van der Waals surface area contributed by atoms with Crippen molar-refractivity contribution in [3.8, 4) is 0 Å². The first-order valence-electron chi connectivity index (χ1n) is 3.20. The van der Waals surface area contributed by atoms with E-state index in [-0.39, 0.29) is 6.54 Å². The monoisotopic (exact) mass is 186 g/mol. The van der Waals surface area contributed by atoms with E-state index >= 15 is 0 Å². The molecule has 0 saturated heterocycles. The third-order valence-corrected chi connectivity index (χ3v) is 1.74. The van der Waals surface area contributed by atoms with Crippen molar-refractivity contribution in [3.63, 3.8) is 0 Å². The summed E-state index contributed by atoms with van der Waals surface area (Å²) in [4.78, 5) is 7.50. The van der Waals surface area contributed by atoms with Gasteiger partial charge in [-0.2, -0.15) is 0 Å². The van der Waals surface area contributed by atoms with Crippen LogP contribution in [0.15, 0.2) is 12.4 Å². The molecule has 0 spiro atoms. The molecule has 0 bridgehead atoms. The molecule has 0 amide bonds. The highest BCUT2D eigenvalue weighted by molar-refractivity contribution is 7.88. The summed E-state index contributed by atoms with van der Waals surface area (Å²) < 4.78 is 23.5. The molecule has 0 atom stereocenters. The Morgan fingerprint density at radius 3 is 2.83 bits per heavy atom. The molecule has 1 aromatic heterocycles. The van der Waals surface area contributed by atoms with Crippen molar-refractivity contribution in [2.75, 3.05) is 6.26 Å². The average Bonchev–Trinajstić information content (AvgIpc) is 2.02. The number of rotatable bonds is 3. The third-order valence-electron chi connectivity index (χ3n) is 1.07. The van der Waals surface area contributed by atoms with Crippen LogP contribution in [0.5, 0.6) is 0 Å². The van der Waals surface area contributed by atoms with Gasteiger partial charge in [-0.05, 0) is 0 Å². The standard InChI is InChI=1S/C6H8N3O2S/c1-12(10,11)9-5-6-4-7-2-3-8-6/h2-3,9H,5H2,1H3. The van der Waals surface area contributed by atoms with E-state index in [1.807, 2.05) is 0 Å². The largest absolute Gasteiger partial charge is 0.256 e. The molecule has 1 heterocycles. The maximum absolute atomic E-state index is 10.6. The lowest BCUT2D eigenvalue weighted by Crippen LogP contribution is -2.21. The number of nitrogens with one attached hydrogen (secondary N) is 1. The van der Waals surface area contributed by atoms with Crippen molar-refractivity contribution in [2.24, 2.45) is 0 Å². The van der Waals surface area contributed by atoms with E-state index < -0.39 is 10.0 Å². The average molecular weight is 186 g/mol. The van der Waals surface area contributed by atoms with Gasteiger partial charge in [0.25, 0.3) is 0 Å². The minimum absolute atomic E-state index is 0.132. The van der Waals surface area contributed by atoms with Crippen molar-refractivity contribution in [1.29, 1.82) is 0 Å².